The Labute approximate surface area is 286 Å². The Morgan fingerprint density at radius 3 is 2.31 bits per heavy atom. The zero-order valence-corrected chi connectivity index (χ0v) is 31.9. The van der Waals surface area contributed by atoms with E-state index in [-0.39, 0.29) is 5.04 Å². The number of pyridine rings is 1. The van der Waals surface area contributed by atoms with Gasteiger partial charge in [-0.25, -0.2) is 24.9 Å². The summed E-state index contributed by atoms with van der Waals surface area (Å²) in [5.74, 6) is 4.42. The number of nitrogens with zero attached hydrogens (tertiary/aromatic N) is 6. The molecule has 0 aliphatic carbocycles. The molecule has 0 fully saturated rings. The number of nitrogens with two attached hydrogens (primary N) is 1. The van der Waals surface area contributed by atoms with Crippen LogP contribution in [0.5, 0.6) is 11.8 Å². The highest BCUT2D eigenvalue weighted by molar-refractivity contribution is 6.87. The lowest BCUT2D eigenvalue weighted by Gasteiger charge is -2.31. The van der Waals surface area contributed by atoms with Crippen LogP contribution in [0.4, 0.5) is 5.82 Å². The van der Waals surface area contributed by atoms with E-state index >= 15 is 0 Å². The molecular formula is C37H47N7O2Si2. The van der Waals surface area contributed by atoms with E-state index in [0.29, 0.717) is 36.6 Å². The van der Waals surface area contributed by atoms with Gasteiger partial charge in [0.1, 0.15) is 44.0 Å². The number of aromatic nitrogens is 6. The summed E-state index contributed by atoms with van der Waals surface area (Å²) < 4.78 is 14.4. The predicted octanol–water partition coefficient (Wildman–Crippen LogP) is 8.65. The molecular weight excluding hydrogens is 631 g/mol. The Hall–Kier alpha value is -4.38. The Morgan fingerprint density at radius 2 is 1.67 bits per heavy atom. The standard InChI is InChI=1S/C37H47N7O2Si2/c1-25-21-28(16-19-48(9,10)37(3,4)5)40-22-30(25)33-31(27-11-13-29(14-12-27)46-36-39-17-15-26(2)43-36)32-34(38)41-23-42-35(32)44(33)24-45-18-20-47(6,7)8/h11-15,17,21-23H,18,20,24H2,1-10H3,(H2,38,41,42). The molecule has 0 aliphatic rings. The van der Waals surface area contributed by atoms with Gasteiger partial charge in [0.05, 0.1) is 11.1 Å². The molecule has 250 valence electrons. The summed E-state index contributed by atoms with van der Waals surface area (Å²) in [5.41, 5.74) is 17.2. The van der Waals surface area contributed by atoms with Gasteiger partial charge in [-0.2, -0.15) is 0 Å². The zero-order chi connectivity index (χ0) is 34.9. The van der Waals surface area contributed by atoms with Crippen LogP contribution in [-0.2, 0) is 11.5 Å². The molecule has 0 bridgehead atoms. The van der Waals surface area contributed by atoms with E-state index in [1.54, 1.807) is 6.20 Å². The van der Waals surface area contributed by atoms with Gasteiger partial charge in [-0.05, 0) is 60.3 Å². The van der Waals surface area contributed by atoms with Crippen molar-refractivity contribution in [2.24, 2.45) is 0 Å². The molecule has 0 radical (unpaired) electrons. The quantitative estimate of drug-likeness (QED) is 0.0937. The molecule has 5 rings (SSSR count). The summed E-state index contributed by atoms with van der Waals surface area (Å²) in [5, 5.41) is 0.924. The minimum absolute atomic E-state index is 0.162. The third kappa shape index (κ3) is 7.84. The number of benzene rings is 1. The van der Waals surface area contributed by atoms with Gasteiger partial charge in [-0.1, -0.05) is 71.6 Å². The molecule has 11 heteroatoms. The van der Waals surface area contributed by atoms with Gasteiger partial charge in [-0.15, -0.1) is 5.54 Å². The van der Waals surface area contributed by atoms with Gasteiger partial charge >= 0.3 is 6.01 Å². The summed E-state index contributed by atoms with van der Waals surface area (Å²) in [7, 11) is -3.09. The fraction of sp³-hybridized carbons (Fsp3) is 0.378. The molecule has 0 amide bonds. The van der Waals surface area contributed by atoms with Crippen LogP contribution in [0, 0.1) is 25.3 Å². The van der Waals surface area contributed by atoms with Crippen molar-refractivity contribution in [1.82, 2.24) is 29.5 Å². The van der Waals surface area contributed by atoms with E-state index in [1.165, 1.54) is 6.33 Å². The molecule has 48 heavy (non-hydrogen) atoms. The number of fused-ring (bicyclic) bond motifs is 1. The predicted molar refractivity (Wildman–Crippen MR) is 200 cm³/mol. The van der Waals surface area contributed by atoms with Crippen LogP contribution in [0.1, 0.15) is 37.7 Å². The first-order chi connectivity index (χ1) is 22.5. The summed E-state index contributed by atoms with van der Waals surface area (Å²) >= 11 is 0. The Morgan fingerprint density at radius 1 is 0.938 bits per heavy atom. The molecule has 2 N–H and O–H groups in total. The molecule has 0 unspecified atom stereocenters. The van der Waals surface area contributed by atoms with Crippen LogP contribution in [0.2, 0.25) is 43.8 Å². The second-order valence-corrected chi connectivity index (χ2v) is 25.7. The van der Waals surface area contributed by atoms with Gasteiger partial charge in [0.15, 0.2) is 0 Å². The fourth-order valence-electron chi connectivity index (χ4n) is 4.96. The maximum atomic E-state index is 6.62. The molecule has 5 aromatic rings. The first-order valence-electron chi connectivity index (χ1n) is 16.3. The van der Waals surface area contributed by atoms with E-state index in [2.05, 4.69) is 97.5 Å². The lowest BCUT2D eigenvalue weighted by Crippen LogP contribution is -2.35. The zero-order valence-electron chi connectivity index (χ0n) is 29.9. The smallest absolute Gasteiger partial charge is 0.322 e. The van der Waals surface area contributed by atoms with Crippen LogP contribution >= 0.6 is 0 Å². The molecule has 9 nitrogen and oxygen atoms in total. The largest absolute Gasteiger partial charge is 0.424 e. The molecule has 0 atom stereocenters. The van der Waals surface area contributed by atoms with Crippen molar-refractivity contribution in [3.05, 3.63) is 72.1 Å². The monoisotopic (exact) mass is 677 g/mol. The highest BCUT2D eigenvalue weighted by atomic mass is 28.3. The molecule has 0 saturated heterocycles. The lowest BCUT2D eigenvalue weighted by atomic mass is 9.97. The molecule has 0 spiro atoms. The van der Waals surface area contributed by atoms with Crippen LogP contribution < -0.4 is 10.5 Å². The topological polar surface area (TPSA) is 114 Å². The molecule has 0 aliphatic heterocycles. The number of nitrogen functional groups attached to an aromatic ring is 1. The van der Waals surface area contributed by atoms with Crippen molar-refractivity contribution in [2.45, 2.75) is 85.2 Å². The maximum absolute atomic E-state index is 6.62. The maximum Gasteiger partial charge on any atom is 0.322 e. The Bertz CT molecular complexity index is 2000. The molecule has 0 saturated carbocycles. The highest BCUT2D eigenvalue weighted by Crippen LogP contribution is 2.43. The third-order valence-corrected chi connectivity index (χ3v) is 15.2. The fourth-order valence-corrected chi connectivity index (χ4v) is 6.54. The van der Waals surface area contributed by atoms with Crippen molar-refractivity contribution in [1.29, 1.82) is 0 Å². The minimum atomic E-state index is -1.80. The number of ether oxygens (including phenoxy) is 2. The van der Waals surface area contributed by atoms with E-state index < -0.39 is 16.1 Å². The number of hydrogen-bond acceptors (Lipinski definition) is 8. The average Bonchev–Trinajstić information content (AvgIpc) is 3.33. The van der Waals surface area contributed by atoms with Gasteiger partial charge in [0.2, 0.25) is 0 Å². The minimum Gasteiger partial charge on any atom is -0.424 e. The van der Waals surface area contributed by atoms with Crippen molar-refractivity contribution in [2.75, 3.05) is 12.3 Å². The van der Waals surface area contributed by atoms with Crippen molar-refractivity contribution in [3.63, 3.8) is 0 Å². The normalized spacial score (nSPS) is 12.2. The molecule has 4 heterocycles. The van der Waals surface area contributed by atoms with Crippen LogP contribution in [-0.4, -0.2) is 52.2 Å². The highest BCUT2D eigenvalue weighted by Gasteiger charge is 2.33. The van der Waals surface area contributed by atoms with Crippen LogP contribution in [0.15, 0.2) is 55.1 Å². The number of rotatable bonds is 9. The van der Waals surface area contributed by atoms with Gasteiger partial charge < -0.3 is 19.8 Å². The Kier molecular flexibility index (Phi) is 9.92. The lowest BCUT2D eigenvalue weighted by molar-refractivity contribution is 0.0909. The van der Waals surface area contributed by atoms with Crippen LogP contribution in [0.3, 0.4) is 0 Å². The first-order valence-corrected chi connectivity index (χ1v) is 23.0. The number of hydrogen-bond donors (Lipinski definition) is 1. The molecule has 4 aromatic heterocycles. The van der Waals surface area contributed by atoms with E-state index in [4.69, 9.17) is 25.2 Å². The van der Waals surface area contributed by atoms with Gasteiger partial charge in [0, 0.05) is 43.9 Å². The summed E-state index contributed by atoms with van der Waals surface area (Å²) in [6, 6.07) is 13.1. The van der Waals surface area contributed by atoms with E-state index in [9.17, 15) is 0 Å². The number of anilines is 1. The van der Waals surface area contributed by atoms with Crippen LogP contribution in [0.25, 0.3) is 33.4 Å². The second kappa shape index (κ2) is 13.6. The van der Waals surface area contributed by atoms with Crippen molar-refractivity contribution >= 4 is 33.0 Å². The summed E-state index contributed by atoms with van der Waals surface area (Å²) in [6.07, 6.45) is 5.10. The van der Waals surface area contributed by atoms with E-state index in [1.807, 2.05) is 43.5 Å². The third-order valence-electron chi connectivity index (χ3n) is 8.95. The van der Waals surface area contributed by atoms with Crippen molar-refractivity contribution < 1.29 is 9.47 Å². The van der Waals surface area contributed by atoms with Crippen molar-refractivity contribution in [3.8, 4) is 45.6 Å². The van der Waals surface area contributed by atoms with Gasteiger partial charge in [-0.3, -0.25) is 0 Å². The number of aryl methyl sites for hydroxylation is 2. The Balaban J connectivity index is 1.64. The summed E-state index contributed by atoms with van der Waals surface area (Å²) in [4.78, 5) is 22.6. The van der Waals surface area contributed by atoms with Gasteiger partial charge in [0.25, 0.3) is 0 Å². The summed E-state index contributed by atoms with van der Waals surface area (Å²) in [6.45, 7) is 23.4. The first kappa shape index (κ1) is 34.9. The average molecular weight is 678 g/mol. The second-order valence-electron chi connectivity index (χ2n) is 15.1. The SMILES string of the molecule is Cc1ccnc(Oc2ccc(-c3c(-c4cnc(C#C[Si](C)(C)C(C)(C)C)cc4C)n(COCC[Si](C)(C)C)c4ncnc(N)c34)cc2)n1. The molecule has 1 aromatic carbocycles. The van der Waals surface area contributed by atoms with E-state index in [0.717, 1.165) is 50.8 Å².